The molecule has 100 valence electrons. The molecule has 0 unspecified atom stereocenters. The molecule has 0 aliphatic carbocycles. The SMILES string of the molecule is COC(=O)c1cc(N)c(C)c(OCCN(C)C)c1. The predicted molar refractivity (Wildman–Crippen MR) is 71.0 cm³/mol. The third-order valence-electron chi connectivity index (χ3n) is 2.62. The summed E-state index contributed by atoms with van der Waals surface area (Å²) in [5.41, 5.74) is 7.61. The first kappa shape index (κ1) is 14.3. The Kier molecular flexibility index (Phi) is 4.97. The van der Waals surface area contributed by atoms with E-state index in [-0.39, 0.29) is 0 Å². The van der Waals surface area contributed by atoms with Gasteiger partial charge >= 0.3 is 5.97 Å². The van der Waals surface area contributed by atoms with Crippen molar-refractivity contribution in [3.05, 3.63) is 23.3 Å². The van der Waals surface area contributed by atoms with Gasteiger partial charge in [-0.05, 0) is 33.2 Å². The number of hydrogen-bond acceptors (Lipinski definition) is 5. The number of nitrogens with two attached hydrogens (primary N) is 1. The third kappa shape index (κ3) is 3.63. The first-order valence-corrected chi connectivity index (χ1v) is 5.71. The van der Waals surface area contributed by atoms with E-state index in [9.17, 15) is 4.79 Å². The molecular weight excluding hydrogens is 232 g/mol. The number of esters is 1. The van der Waals surface area contributed by atoms with Crippen LogP contribution in [-0.4, -0.2) is 45.2 Å². The molecule has 0 heterocycles. The number of rotatable bonds is 5. The molecule has 18 heavy (non-hydrogen) atoms. The molecule has 2 N–H and O–H groups in total. The van der Waals surface area contributed by atoms with Gasteiger partial charge in [-0.3, -0.25) is 0 Å². The van der Waals surface area contributed by atoms with E-state index in [1.165, 1.54) is 7.11 Å². The van der Waals surface area contributed by atoms with Gasteiger partial charge in [-0.1, -0.05) is 0 Å². The van der Waals surface area contributed by atoms with Gasteiger partial charge in [0.05, 0.1) is 12.7 Å². The van der Waals surface area contributed by atoms with Crippen molar-refractivity contribution in [2.75, 3.05) is 40.1 Å². The maximum Gasteiger partial charge on any atom is 0.338 e. The van der Waals surface area contributed by atoms with E-state index >= 15 is 0 Å². The van der Waals surface area contributed by atoms with Gasteiger partial charge in [0.2, 0.25) is 0 Å². The average molecular weight is 252 g/mol. The van der Waals surface area contributed by atoms with Gasteiger partial charge in [0.25, 0.3) is 0 Å². The molecule has 0 amide bonds. The Morgan fingerprint density at radius 1 is 1.39 bits per heavy atom. The van der Waals surface area contributed by atoms with Crippen LogP contribution in [0.1, 0.15) is 15.9 Å². The monoisotopic (exact) mass is 252 g/mol. The van der Waals surface area contributed by atoms with E-state index in [0.29, 0.717) is 23.6 Å². The van der Waals surface area contributed by atoms with Crippen molar-refractivity contribution >= 4 is 11.7 Å². The summed E-state index contributed by atoms with van der Waals surface area (Å²) in [7, 11) is 5.27. The van der Waals surface area contributed by atoms with Crippen molar-refractivity contribution in [3.63, 3.8) is 0 Å². The summed E-state index contributed by atoms with van der Waals surface area (Å²) in [5.74, 6) is 0.205. The fourth-order valence-corrected chi connectivity index (χ4v) is 1.43. The zero-order chi connectivity index (χ0) is 13.7. The summed E-state index contributed by atoms with van der Waals surface area (Å²) in [4.78, 5) is 13.5. The van der Waals surface area contributed by atoms with Gasteiger partial charge in [0.15, 0.2) is 0 Å². The maximum atomic E-state index is 11.5. The summed E-state index contributed by atoms with van der Waals surface area (Å²) in [5, 5.41) is 0. The number of benzene rings is 1. The van der Waals surface area contributed by atoms with Gasteiger partial charge in [-0.25, -0.2) is 4.79 Å². The predicted octanol–water partition coefficient (Wildman–Crippen LogP) is 1.30. The second kappa shape index (κ2) is 6.26. The molecule has 0 saturated heterocycles. The van der Waals surface area contributed by atoms with Gasteiger partial charge in [0.1, 0.15) is 12.4 Å². The summed E-state index contributed by atoms with van der Waals surface area (Å²) >= 11 is 0. The quantitative estimate of drug-likeness (QED) is 0.632. The van der Waals surface area contributed by atoms with E-state index in [0.717, 1.165) is 12.1 Å². The normalized spacial score (nSPS) is 10.5. The van der Waals surface area contributed by atoms with Crippen molar-refractivity contribution in [1.82, 2.24) is 4.90 Å². The van der Waals surface area contributed by atoms with Crippen LogP contribution in [0.5, 0.6) is 5.75 Å². The fourth-order valence-electron chi connectivity index (χ4n) is 1.43. The molecule has 0 atom stereocenters. The Hall–Kier alpha value is -1.75. The summed E-state index contributed by atoms with van der Waals surface area (Å²) in [6.45, 7) is 3.20. The largest absolute Gasteiger partial charge is 0.492 e. The first-order valence-electron chi connectivity index (χ1n) is 5.71. The molecule has 5 nitrogen and oxygen atoms in total. The molecule has 1 aromatic carbocycles. The second-order valence-corrected chi connectivity index (χ2v) is 4.33. The van der Waals surface area contributed by atoms with E-state index in [1.807, 2.05) is 25.9 Å². The lowest BCUT2D eigenvalue weighted by Gasteiger charge is -2.14. The van der Waals surface area contributed by atoms with Crippen LogP contribution in [0, 0.1) is 6.92 Å². The van der Waals surface area contributed by atoms with Crippen LogP contribution >= 0.6 is 0 Å². The smallest absolute Gasteiger partial charge is 0.338 e. The molecule has 0 aromatic heterocycles. The van der Waals surface area contributed by atoms with Crippen molar-refractivity contribution in [3.8, 4) is 5.75 Å². The highest BCUT2D eigenvalue weighted by molar-refractivity contribution is 5.91. The highest BCUT2D eigenvalue weighted by Crippen LogP contribution is 2.26. The lowest BCUT2D eigenvalue weighted by molar-refractivity contribution is 0.0600. The Labute approximate surface area is 107 Å². The Balaban J connectivity index is 2.89. The van der Waals surface area contributed by atoms with E-state index in [1.54, 1.807) is 12.1 Å². The number of hydrogen-bond donors (Lipinski definition) is 1. The summed E-state index contributed by atoms with van der Waals surface area (Å²) in [6, 6.07) is 3.26. The number of anilines is 1. The number of methoxy groups -OCH3 is 1. The van der Waals surface area contributed by atoms with Crippen LogP contribution in [-0.2, 0) is 4.74 Å². The molecular formula is C13H20N2O3. The fraction of sp³-hybridized carbons (Fsp3) is 0.462. The lowest BCUT2D eigenvalue weighted by Crippen LogP contribution is -2.20. The van der Waals surface area contributed by atoms with Crippen molar-refractivity contribution in [1.29, 1.82) is 0 Å². The van der Waals surface area contributed by atoms with E-state index in [4.69, 9.17) is 10.5 Å². The average Bonchev–Trinajstić information content (AvgIpc) is 2.32. The van der Waals surface area contributed by atoms with E-state index in [2.05, 4.69) is 4.74 Å². The third-order valence-corrected chi connectivity index (χ3v) is 2.62. The van der Waals surface area contributed by atoms with Crippen LogP contribution in [0.25, 0.3) is 0 Å². The van der Waals surface area contributed by atoms with Gasteiger partial charge in [0, 0.05) is 17.8 Å². The van der Waals surface area contributed by atoms with Gasteiger partial charge in [-0.15, -0.1) is 0 Å². The molecule has 0 aliphatic heterocycles. The molecule has 0 fully saturated rings. The Morgan fingerprint density at radius 2 is 2.06 bits per heavy atom. The number of nitrogen functional groups attached to an aromatic ring is 1. The van der Waals surface area contributed by atoms with Crippen LogP contribution < -0.4 is 10.5 Å². The van der Waals surface area contributed by atoms with Crippen LogP contribution in [0.3, 0.4) is 0 Å². The van der Waals surface area contributed by atoms with Crippen LogP contribution in [0.4, 0.5) is 5.69 Å². The molecule has 0 radical (unpaired) electrons. The molecule has 0 aliphatic rings. The minimum atomic E-state index is -0.417. The number of carbonyl (C=O) groups is 1. The molecule has 0 bridgehead atoms. The molecule has 1 aromatic rings. The van der Waals surface area contributed by atoms with Crippen LogP contribution in [0.2, 0.25) is 0 Å². The molecule has 0 spiro atoms. The summed E-state index contributed by atoms with van der Waals surface area (Å²) < 4.78 is 10.3. The number of nitrogens with zero attached hydrogens (tertiary/aromatic N) is 1. The second-order valence-electron chi connectivity index (χ2n) is 4.33. The van der Waals surface area contributed by atoms with Crippen molar-refractivity contribution < 1.29 is 14.3 Å². The molecule has 0 saturated carbocycles. The van der Waals surface area contributed by atoms with E-state index < -0.39 is 5.97 Å². The van der Waals surface area contributed by atoms with Crippen molar-refractivity contribution in [2.45, 2.75) is 6.92 Å². The standard InChI is InChI=1S/C13H20N2O3/c1-9-11(14)7-10(13(16)17-4)8-12(9)18-6-5-15(2)3/h7-8H,5-6,14H2,1-4H3. The minimum Gasteiger partial charge on any atom is -0.492 e. The zero-order valence-corrected chi connectivity index (χ0v) is 11.3. The molecule has 1 rings (SSSR count). The zero-order valence-electron chi connectivity index (χ0n) is 11.3. The van der Waals surface area contributed by atoms with Gasteiger partial charge in [-0.2, -0.15) is 0 Å². The first-order chi connectivity index (χ1) is 8.45. The highest BCUT2D eigenvalue weighted by Gasteiger charge is 2.12. The number of likely N-dealkylation sites (N-methyl/N-ethyl adjacent to an activating group) is 1. The van der Waals surface area contributed by atoms with Crippen molar-refractivity contribution in [2.24, 2.45) is 0 Å². The lowest BCUT2D eigenvalue weighted by atomic mass is 10.1. The maximum absolute atomic E-state index is 11.5. The Morgan fingerprint density at radius 3 is 2.61 bits per heavy atom. The highest BCUT2D eigenvalue weighted by atomic mass is 16.5. The Bertz CT molecular complexity index is 430. The number of ether oxygens (including phenoxy) is 2. The topological polar surface area (TPSA) is 64.8 Å². The minimum absolute atomic E-state index is 0.403. The molecule has 5 heteroatoms. The summed E-state index contributed by atoms with van der Waals surface area (Å²) in [6.07, 6.45) is 0. The number of carbonyl (C=O) groups excluding carboxylic acids is 1. The van der Waals surface area contributed by atoms with Crippen LogP contribution in [0.15, 0.2) is 12.1 Å². The van der Waals surface area contributed by atoms with Gasteiger partial charge < -0.3 is 20.1 Å².